The second kappa shape index (κ2) is 6.55. The van der Waals surface area contributed by atoms with Crippen molar-refractivity contribution < 1.29 is 0 Å². The van der Waals surface area contributed by atoms with Crippen LogP contribution in [0.25, 0.3) is 0 Å². The Hall–Kier alpha value is -1.13. The Morgan fingerprint density at radius 1 is 1.05 bits per heavy atom. The summed E-state index contributed by atoms with van der Waals surface area (Å²) in [6.07, 6.45) is 6.82. The highest BCUT2D eigenvalue weighted by atomic mass is 32.1. The fourth-order valence-corrected chi connectivity index (χ4v) is 4.00. The van der Waals surface area contributed by atoms with Crippen LogP contribution in [0.5, 0.6) is 0 Å². The highest BCUT2D eigenvalue weighted by Crippen LogP contribution is 2.29. The van der Waals surface area contributed by atoms with E-state index >= 15 is 0 Å². The molecule has 2 aliphatic rings. The molecule has 0 N–H and O–H groups in total. The normalized spacial score (nSPS) is 21.5. The molecule has 3 rings (SSSR count). The summed E-state index contributed by atoms with van der Waals surface area (Å²) in [5, 5.41) is 0.944. The van der Waals surface area contributed by atoms with E-state index in [0.717, 1.165) is 18.4 Å². The zero-order valence-corrected chi connectivity index (χ0v) is 14.8. The molecule has 0 spiro atoms. The maximum absolute atomic E-state index is 5.70. The molecule has 3 nitrogen and oxygen atoms in total. The van der Waals surface area contributed by atoms with Crippen molar-refractivity contribution in [2.45, 2.75) is 52.0 Å². The molecule has 1 aliphatic heterocycles. The number of rotatable bonds is 2. The van der Waals surface area contributed by atoms with Crippen LogP contribution >= 0.6 is 12.2 Å². The van der Waals surface area contributed by atoms with E-state index in [4.69, 9.17) is 12.2 Å². The molecule has 1 aromatic rings. The number of hydrogen-bond acceptors (Lipinski definition) is 2. The van der Waals surface area contributed by atoms with E-state index in [-0.39, 0.29) is 0 Å². The maximum Gasteiger partial charge on any atom is 0.178 e. The first-order valence-electron chi connectivity index (χ1n) is 8.40. The standard InChI is InChI=1S/C18H27N3S/c1-14-9-10-17(15(2)11-14)21-13-20(12-19(3)18(21)22)16-7-5-4-6-8-16/h9-11,16H,4-8,12-13H2,1-3H3. The van der Waals surface area contributed by atoms with Gasteiger partial charge in [0.1, 0.15) is 0 Å². The predicted octanol–water partition coefficient (Wildman–Crippen LogP) is 3.89. The lowest BCUT2D eigenvalue weighted by atomic mass is 9.94. The lowest BCUT2D eigenvalue weighted by molar-refractivity contribution is 0.104. The molecular weight excluding hydrogens is 290 g/mol. The third-order valence-corrected chi connectivity index (χ3v) is 5.54. The number of nitrogens with zero attached hydrogens (tertiary/aromatic N) is 3. The van der Waals surface area contributed by atoms with Crippen molar-refractivity contribution in [3.8, 4) is 0 Å². The molecule has 1 aliphatic carbocycles. The Kier molecular flexibility index (Phi) is 4.69. The molecule has 0 unspecified atom stereocenters. The van der Waals surface area contributed by atoms with Gasteiger partial charge in [0, 0.05) is 18.8 Å². The van der Waals surface area contributed by atoms with Gasteiger partial charge in [0.2, 0.25) is 0 Å². The van der Waals surface area contributed by atoms with E-state index in [1.807, 2.05) is 0 Å². The van der Waals surface area contributed by atoms with Gasteiger partial charge in [-0.25, -0.2) is 0 Å². The lowest BCUT2D eigenvalue weighted by Gasteiger charge is -2.47. The van der Waals surface area contributed by atoms with Gasteiger partial charge in [-0.1, -0.05) is 37.0 Å². The number of aryl methyl sites for hydroxylation is 2. The summed E-state index contributed by atoms with van der Waals surface area (Å²) in [6.45, 7) is 6.22. The molecule has 0 aromatic heterocycles. The minimum atomic E-state index is 0.715. The average Bonchev–Trinajstić information content (AvgIpc) is 2.51. The number of hydrogen-bond donors (Lipinski definition) is 0. The zero-order chi connectivity index (χ0) is 15.7. The van der Waals surface area contributed by atoms with Crippen molar-refractivity contribution in [1.29, 1.82) is 0 Å². The van der Waals surface area contributed by atoms with Gasteiger partial charge in [-0.05, 0) is 50.5 Å². The van der Waals surface area contributed by atoms with Gasteiger partial charge < -0.3 is 9.80 Å². The van der Waals surface area contributed by atoms with Crippen molar-refractivity contribution in [1.82, 2.24) is 9.80 Å². The molecule has 1 saturated heterocycles. The van der Waals surface area contributed by atoms with E-state index in [1.165, 1.54) is 48.9 Å². The SMILES string of the molecule is Cc1ccc(N2CN(C3CCCCC3)CN(C)C2=S)c(C)c1. The molecule has 0 amide bonds. The molecule has 120 valence electrons. The van der Waals surface area contributed by atoms with E-state index in [2.05, 4.69) is 53.8 Å². The van der Waals surface area contributed by atoms with Crippen LogP contribution in [0.15, 0.2) is 18.2 Å². The summed E-state index contributed by atoms with van der Waals surface area (Å²) in [5.74, 6) is 0. The van der Waals surface area contributed by atoms with Gasteiger partial charge in [-0.15, -0.1) is 0 Å². The maximum atomic E-state index is 5.70. The fraction of sp³-hybridized carbons (Fsp3) is 0.611. The Morgan fingerprint density at radius 2 is 1.77 bits per heavy atom. The van der Waals surface area contributed by atoms with Gasteiger partial charge in [0.05, 0.1) is 13.3 Å². The summed E-state index contributed by atoms with van der Waals surface area (Å²) >= 11 is 5.70. The average molecular weight is 318 g/mol. The van der Waals surface area contributed by atoms with Crippen molar-refractivity contribution in [3.63, 3.8) is 0 Å². The molecule has 4 heteroatoms. The Balaban J connectivity index is 1.83. The molecule has 0 atom stereocenters. The van der Waals surface area contributed by atoms with Crippen molar-refractivity contribution in [3.05, 3.63) is 29.3 Å². The quantitative estimate of drug-likeness (QED) is 0.765. The van der Waals surface area contributed by atoms with E-state index in [9.17, 15) is 0 Å². The molecule has 2 fully saturated rings. The number of benzene rings is 1. The first kappa shape index (κ1) is 15.8. The Morgan fingerprint density at radius 3 is 2.45 bits per heavy atom. The van der Waals surface area contributed by atoms with Crippen LogP contribution in [-0.4, -0.2) is 41.3 Å². The summed E-state index contributed by atoms with van der Waals surface area (Å²) in [5.41, 5.74) is 3.87. The smallest absolute Gasteiger partial charge is 0.178 e. The third kappa shape index (κ3) is 3.13. The van der Waals surface area contributed by atoms with Gasteiger partial charge in [0.15, 0.2) is 5.11 Å². The Bertz CT molecular complexity index is 551. The molecule has 1 heterocycles. The molecule has 0 radical (unpaired) electrons. The van der Waals surface area contributed by atoms with Gasteiger partial charge in [0.25, 0.3) is 0 Å². The zero-order valence-electron chi connectivity index (χ0n) is 14.0. The summed E-state index contributed by atoms with van der Waals surface area (Å²) < 4.78 is 0. The second-order valence-electron chi connectivity index (χ2n) is 6.86. The van der Waals surface area contributed by atoms with E-state index in [1.54, 1.807) is 0 Å². The van der Waals surface area contributed by atoms with Crippen molar-refractivity contribution in [2.75, 3.05) is 25.3 Å². The minimum absolute atomic E-state index is 0.715. The highest BCUT2D eigenvalue weighted by molar-refractivity contribution is 7.80. The van der Waals surface area contributed by atoms with E-state index in [0.29, 0.717) is 6.04 Å². The first-order valence-corrected chi connectivity index (χ1v) is 8.81. The topological polar surface area (TPSA) is 9.72 Å². The summed E-state index contributed by atoms with van der Waals surface area (Å²) in [7, 11) is 2.12. The van der Waals surface area contributed by atoms with Crippen LogP contribution in [0.1, 0.15) is 43.2 Å². The summed E-state index contributed by atoms with van der Waals surface area (Å²) in [4.78, 5) is 7.13. The molecular formula is C18H27N3S. The molecule has 22 heavy (non-hydrogen) atoms. The largest absolute Gasteiger partial charge is 0.339 e. The van der Waals surface area contributed by atoms with Crippen LogP contribution in [-0.2, 0) is 0 Å². The monoisotopic (exact) mass is 317 g/mol. The summed E-state index contributed by atoms with van der Waals surface area (Å²) in [6, 6.07) is 7.37. The van der Waals surface area contributed by atoms with Crippen LogP contribution in [0.2, 0.25) is 0 Å². The van der Waals surface area contributed by atoms with Crippen molar-refractivity contribution in [2.24, 2.45) is 0 Å². The highest BCUT2D eigenvalue weighted by Gasteiger charge is 2.31. The molecule has 1 saturated carbocycles. The van der Waals surface area contributed by atoms with Crippen LogP contribution < -0.4 is 4.90 Å². The van der Waals surface area contributed by atoms with Gasteiger partial charge in [-0.2, -0.15) is 0 Å². The third-order valence-electron chi connectivity index (χ3n) is 5.01. The molecule has 1 aromatic carbocycles. The predicted molar refractivity (Wildman–Crippen MR) is 97.2 cm³/mol. The van der Waals surface area contributed by atoms with Crippen molar-refractivity contribution >= 4 is 23.0 Å². The van der Waals surface area contributed by atoms with Gasteiger partial charge in [-0.3, -0.25) is 4.90 Å². The van der Waals surface area contributed by atoms with E-state index < -0.39 is 0 Å². The lowest BCUT2D eigenvalue weighted by Crippen LogP contribution is -2.59. The van der Waals surface area contributed by atoms with Crippen LogP contribution in [0.4, 0.5) is 5.69 Å². The Labute approximate surface area is 139 Å². The number of thiocarbonyl (C=S) groups is 1. The van der Waals surface area contributed by atoms with Crippen LogP contribution in [0.3, 0.4) is 0 Å². The number of anilines is 1. The second-order valence-corrected chi connectivity index (χ2v) is 7.23. The minimum Gasteiger partial charge on any atom is -0.339 e. The van der Waals surface area contributed by atoms with Gasteiger partial charge >= 0.3 is 0 Å². The fourth-order valence-electron chi connectivity index (χ4n) is 3.79. The molecule has 0 bridgehead atoms. The van der Waals surface area contributed by atoms with Crippen LogP contribution in [0, 0.1) is 13.8 Å². The first-order chi connectivity index (χ1) is 10.6.